The van der Waals surface area contributed by atoms with Crippen LogP contribution >= 0.6 is 0 Å². The van der Waals surface area contributed by atoms with Gasteiger partial charge in [-0.15, -0.1) is 0 Å². The molecule has 0 saturated heterocycles. The van der Waals surface area contributed by atoms with Gasteiger partial charge in [-0.05, 0) is 30.9 Å². The Morgan fingerprint density at radius 3 is 2.26 bits per heavy atom. The number of aliphatic hydroxyl groups is 1. The number of phenolic OH excluding ortho intramolecular Hbond substituents is 2. The van der Waals surface area contributed by atoms with Crippen LogP contribution in [0.25, 0.3) is 0 Å². The number of rotatable bonds is 13. The van der Waals surface area contributed by atoms with E-state index >= 15 is 0 Å². The zero-order valence-electron chi connectivity index (χ0n) is 17.3. The van der Waals surface area contributed by atoms with E-state index in [9.17, 15) is 20.1 Å². The summed E-state index contributed by atoms with van der Waals surface area (Å²) in [5.74, 6) is -0.510. The van der Waals surface area contributed by atoms with Crippen molar-refractivity contribution in [3.05, 3.63) is 23.8 Å². The second-order valence-corrected chi connectivity index (χ2v) is 6.64. The number of carbonyl (C=O) groups excluding carboxylic acids is 1. The molecule has 1 aromatic rings. The number of aromatic hydroxyl groups is 2. The Labute approximate surface area is 164 Å². The Morgan fingerprint density at radius 1 is 1.04 bits per heavy atom. The summed E-state index contributed by atoms with van der Waals surface area (Å²) >= 11 is 0. The van der Waals surface area contributed by atoms with Gasteiger partial charge in [0.2, 0.25) is 5.91 Å². The van der Waals surface area contributed by atoms with E-state index in [1.807, 2.05) is 13.8 Å². The van der Waals surface area contributed by atoms with Gasteiger partial charge in [-0.3, -0.25) is 4.79 Å². The second kappa shape index (κ2) is 16.4. The summed E-state index contributed by atoms with van der Waals surface area (Å²) in [5.41, 5.74) is 0.599. The van der Waals surface area contributed by atoms with E-state index in [0.29, 0.717) is 24.9 Å². The molecule has 0 radical (unpaired) electrons. The first-order chi connectivity index (χ1) is 13.1. The minimum Gasteiger partial charge on any atom is -0.508 e. The third-order valence-corrected chi connectivity index (χ3v) is 4.46. The molecule has 0 aliphatic carbocycles. The van der Waals surface area contributed by atoms with E-state index in [1.165, 1.54) is 44.2 Å². The molecule has 5 nitrogen and oxygen atoms in total. The van der Waals surface area contributed by atoms with Gasteiger partial charge in [0.05, 0.1) is 0 Å². The van der Waals surface area contributed by atoms with Gasteiger partial charge in [0.25, 0.3) is 0 Å². The van der Waals surface area contributed by atoms with Gasteiger partial charge in [-0.1, -0.05) is 65.4 Å². The van der Waals surface area contributed by atoms with Crippen molar-refractivity contribution >= 4 is 5.91 Å². The summed E-state index contributed by atoms with van der Waals surface area (Å²) in [6.07, 6.45) is 9.08. The minimum atomic E-state index is -0.384. The van der Waals surface area contributed by atoms with Crippen LogP contribution in [0.5, 0.6) is 11.5 Å². The Morgan fingerprint density at radius 2 is 1.67 bits per heavy atom. The predicted molar refractivity (Wildman–Crippen MR) is 111 cm³/mol. The SMILES string of the molecule is CC.CCCCCCCCCNC(=O)C(CCO)Cc1ccc(O)cc1O. The fraction of sp³-hybridized carbons (Fsp3) is 0.682. The Kier molecular flexibility index (Phi) is 15.4. The van der Waals surface area contributed by atoms with E-state index < -0.39 is 0 Å². The van der Waals surface area contributed by atoms with Crippen molar-refractivity contribution in [2.75, 3.05) is 13.2 Å². The molecule has 156 valence electrons. The molecule has 0 aliphatic heterocycles. The number of amides is 1. The first kappa shape index (κ1) is 25.2. The molecule has 0 fully saturated rings. The van der Waals surface area contributed by atoms with Crippen LogP contribution in [0.15, 0.2) is 18.2 Å². The van der Waals surface area contributed by atoms with Gasteiger partial charge in [0.15, 0.2) is 0 Å². The zero-order chi connectivity index (χ0) is 20.5. The normalized spacial score (nSPS) is 11.4. The first-order valence-corrected chi connectivity index (χ1v) is 10.5. The molecule has 0 aliphatic rings. The van der Waals surface area contributed by atoms with Gasteiger partial charge >= 0.3 is 0 Å². The maximum atomic E-state index is 12.3. The van der Waals surface area contributed by atoms with Crippen molar-refractivity contribution < 1.29 is 20.1 Å². The molecular formula is C22H39NO4. The van der Waals surface area contributed by atoms with Crippen LogP contribution < -0.4 is 5.32 Å². The highest BCUT2D eigenvalue weighted by Crippen LogP contribution is 2.25. The molecule has 0 heterocycles. The van der Waals surface area contributed by atoms with Gasteiger partial charge in [-0.25, -0.2) is 0 Å². The molecule has 1 rings (SSSR count). The fourth-order valence-electron chi connectivity index (χ4n) is 2.91. The van der Waals surface area contributed by atoms with Crippen LogP contribution in [0, 0.1) is 5.92 Å². The third-order valence-electron chi connectivity index (χ3n) is 4.46. The average molecular weight is 382 g/mol. The minimum absolute atomic E-state index is 0.0108. The number of carbonyl (C=O) groups is 1. The summed E-state index contributed by atoms with van der Waals surface area (Å²) < 4.78 is 0. The summed E-state index contributed by atoms with van der Waals surface area (Å²) in [7, 11) is 0. The fourth-order valence-corrected chi connectivity index (χ4v) is 2.91. The van der Waals surface area contributed by atoms with E-state index in [-0.39, 0.29) is 29.9 Å². The van der Waals surface area contributed by atoms with Crippen LogP contribution in [0.2, 0.25) is 0 Å². The summed E-state index contributed by atoms with van der Waals surface area (Å²) in [6, 6.07) is 4.36. The highest BCUT2D eigenvalue weighted by Gasteiger charge is 2.19. The third kappa shape index (κ3) is 11.5. The lowest BCUT2D eigenvalue weighted by Crippen LogP contribution is -2.33. The van der Waals surface area contributed by atoms with Crippen molar-refractivity contribution in [3.63, 3.8) is 0 Å². The Bertz CT molecular complexity index is 505. The highest BCUT2D eigenvalue weighted by molar-refractivity contribution is 5.79. The largest absolute Gasteiger partial charge is 0.508 e. The Balaban J connectivity index is 0.00000326. The van der Waals surface area contributed by atoms with E-state index in [1.54, 1.807) is 6.07 Å². The van der Waals surface area contributed by atoms with Crippen molar-refractivity contribution in [2.24, 2.45) is 5.92 Å². The molecule has 0 bridgehead atoms. The van der Waals surface area contributed by atoms with E-state index in [2.05, 4.69) is 12.2 Å². The Hall–Kier alpha value is -1.75. The number of phenols is 2. The number of hydrogen-bond acceptors (Lipinski definition) is 4. The zero-order valence-corrected chi connectivity index (χ0v) is 17.3. The molecule has 0 saturated carbocycles. The van der Waals surface area contributed by atoms with Crippen LogP contribution in [-0.4, -0.2) is 34.4 Å². The molecule has 1 atom stereocenters. The molecule has 1 unspecified atom stereocenters. The molecule has 0 aromatic heterocycles. The number of benzene rings is 1. The van der Waals surface area contributed by atoms with Gasteiger partial charge in [0, 0.05) is 25.1 Å². The molecule has 1 amide bonds. The number of aliphatic hydroxyl groups excluding tert-OH is 1. The molecular weight excluding hydrogens is 342 g/mol. The quantitative estimate of drug-likeness (QED) is 0.378. The van der Waals surface area contributed by atoms with Crippen LogP contribution in [-0.2, 0) is 11.2 Å². The number of nitrogens with one attached hydrogen (secondary N) is 1. The summed E-state index contributed by atoms with van der Waals surface area (Å²) in [5, 5.41) is 31.4. The van der Waals surface area contributed by atoms with Crippen molar-refractivity contribution in [2.45, 2.75) is 78.6 Å². The lowest BCUT2D eigenvalue weighted by atomic mass is 9.95. The number of unbranched alkanes of at least 4 members (excludes halogenated alkanes) is 6. The highest BCUT2D eigenvalue weighted by atomic mass is 16.3. The molecule has 1 aromatic carbocycles. The predicted octanol–water partition coefficient (Wildman–Crippen LogP) is 4.53. The van der Waals surface area contributed by atoms with Crippen LogP contribution in [0.4, 0.5) is 0 Å². The standard InChI is InChI=1S/C20H33NO4.C2H6/c1-2-3-4-5-6-7-8-12-21-20(25)17(11-13-22)14-16-9-10-18(23)15-19(16)24;1-2/h9-10,15,17,22-24H,2-8,11-14H2,1H3,(H,21,25);1-2H3. The molecule has 5 heteroatoms. The van der Waals surface area contributed by atoms with Crippen molar-refractivity contribution in [1.29, 1.82) is 0 Å². The topological polar surface area (TPSA) is 89.8 Å². The van der Waals surface area contributed by atoms with Crippen molar-refractivity contribution in [3.8, 4) is 11.5 Å². The summed E-state index contributed by atoms with van der Waals surface area (Å²) in [6.45, 7) is 6.78. The monoisotopic (exact) mass is 381 g/mol. The lowest BCUT2D eigenvalue weighted by Gasteiger charge is -2.17. The van der Waals surface area contributed by atoms with Gasteiger partial charge in [-0.2, -0.15) is 0 Å². The molecule has 0 spiro atoms. The number of hydrogen-bond donors (Lipinski definition) is 4. The maximum absolute atomic E-state index is 12.3. The van der Waals surface area contributed by atoms with Gasteiger partial charge in [0.1, 0.15) is 11.5 Å². The smallest absolute Gasteiger partial charge is 0.223 e. The van der Waals surface area contributed by atoms with Gasteiger partial charge < -0.3 is 20.6 Å². The first-order valence-electron chi connectivity index (χ1n) is 10.5. The second-order valence-electron chi connectivity index (χ2n) is 6.64. The van der Waals surface area contributed by atoms with Crippen LogP contribution in [0.3, 0.4) is 0 Å². The van der Waals surface area contributed by atoms with E-state index in [4.69, 9.17) is 0 Å². The van der Waals surface area contributed by atoms with E-state index in [0.717, 1.165) is 12.8 Å². The average Bonchev–Trinajstić information content (AvgIpc) is 2.67. The lowest BCUT2D eigenvalue weighted by molar-refractivity contribution is -0.125. The molecule has 4 N–H and O–H groups in total. The summed E-state index contributed by atoms with van der Waals surface area (Å²) in [4.78, 5) is 12.3. The maximum Gasteiger partial charge on any atom is 0.223 e. The molecule has 27 heavy (non-hydrogen) atoms. The van der Waals surface area contributed by atoms with Crippen LogP contribution in [0.1, 0.15) is 77.7 Å². The van der Waals surface area contributed by atoms with Crippen molar-refractivity contribution in [1.82, 2.24) is 5.32 Å².